The quantitative estimate of drug-likeness (QED) is 0.556. The minimum atomic E-state index is -1.45. The molecule has 9 nitrogen and oxygen atoms in total. The minimum Gasteiger partial charge on any atom is -0.450 e. The second-order valence-corrected chi connectivity index (χ2v) is 2.72. The number of carbonyl (C=O) groups excluding carboxylic acids is 1. The first-order valence-electron chi connectivity index (χ1n) is 4.46. The summed E-state index contributed by atoms with van der Waals surface area (Å²) in [6, 6.07) is 0. The molecular weight excluding hydrogens is 240 g/mol. The van der Waals surface area contributed by atoms with E-state index in [0.717, 1.165) is 0 Å². The molecule has 1 rings (SSSR count). The van der Waals surface area contributed by atoms with Gasteiger partial charge < -0.3 is 29.2 Å². The first-order valence-corrected chi connectivity index (χ1v) is 4.46. The fraction of sp³-hybridized carbons (Fsp3) is 0.625. The predicted octanol–water partition coefficient (Wildman–Crippen LogP) is 0.917. The third kappa shape index (κ3) is 10.1. The molecule has 0 radical (unpaired) electrons. The van der Waals surface area contributed by atoms with Crippen LogP contribution in [0.2, 0.25) is 0 Å². The molecular formula is C8H12O9. The third-order valence-corrected chi connectivity index (χ3v) is 1.27. The Balaban J connectivity index is 0.000000354. The maximum Gasteiger partial charge on any atom is 0.508 e. The average molecular weight is 252 g/mol. The Morgan fingerprint density at radius 3 is 2.12 bits per heavy atom. The van der Waals surface area contributed by atoms with Gasteiger partial charge in [-0.25, -0.2) is 14.4 Å². The molecule has 2 N–H and O–H groups in total. The minimum absolute atomic E-state index is 0.290. The van der Waals surface area contributed by atoms with Crippen molar-refractivity contribution >= 4 is 18.5 Å². The second kappa shape index (κ2) is 8.02. The van der Waals surface area contributed by atoms with Crippen LogP contribution >= 0.6 is 0 Å². The van der Waals surface area contributed by atoms with Crippen LogP contribution in [0, 0.1) is 0 Å². The number of cyclic esters (lactones) is 2. The van der Waals surface area contributed by atoms with Crippen LogP contribution in [0.25, 0.3) is 0 Å². The zero-order valence-electron chi connectivity index (χ0n) is 8.95. The molecule has 0 saturated carbocycles. The molecule has 0 amide bonds. The molecule has 17 heavy (non-hydrogen) atoms. The maximum absolute atomic E-state index is 9.83. The summed E-state index contributed by atoms with van der Waals surface area (Å²) in [7, 11) is 0. The van der Waals surface area contributed by atoms with E-state index in [4.69, 9.17) is 10.2 Å². The largest absolute Gasteiger partial charge is 0.508 e. The Hall–Kier alpha value is -2.19. The van der Waals surface area contributed by atoms with Crippen molar-refractivity contribution in [2.45, 2.75) is 13.0 Å². The van der Waals surface area contributed by atoms with E-state index in [2.05, 4.69) is 18.9 Å². The van der Waals surface area contributed by atoms with Crippen molar-refractivity contribution in [2.75, 3.05) is 19.8 Å². The summed E-state index contributed by atoms with van der Waals surface area (Å²) >= 11 is 0. The summed E-state index contributed by atoms with van der Waals surface area (Å²) in [6.07, 6.45) is -4.23. The fourth-order valence-corrected chi connectivity index (χ4v) is 0.686. The highest BCUT2D eigenvalue weighted by Gasteiger charge is 2.09. The van der Waals surface area contributed by atoms with E-state index in [9.17, 15) is 14.4 Å². The van der Waals surface area contributed by atoms with Crippen LogP contribution in [-0.2, 0) is 18.9 Å². The lowest BCUT2D eigenvalue weighted by atomic mass is 10.4. The summed E-state index contributed by atoms with van der Waals surface area (Å²) in [6.45, 7) is 1.93. The number of ether oxygens (including phenoxy) is 4. The Kier molecular flexibility index (Phi) is 6.99. The van der Waals surface area contributed by atoms with Crippen LogP contribution in [0.4, 0.5) is 14.4 Å². The Morgan fingerprint density at radius 2 is 1.82 bits per heavy atom. The smallest absolute Gasteiger partial charge is 0.450 e. The van der Waals surface area contributed by atoms with Gasteiger partial charge in [-0.3, -0.25) is 0 Å². The first-order chi connectivity index (χ1) is 7.91. The first kappa shape index (κ1) is 14.8. The summed E-state index contributed by atoms with van der Waals surface area (Å²) in [5.41, 5.74) is 0. The molecule has 1 saturated heterocycles. The predicted molar refractivity (Wildman–Crippen MR) is 49.8 cm³/mol. The van der Waals surface area contributed by atoms with Crippen molar-refractivity contribution in [1.82, 2.24) is 0 Å². The third-order valence-electron chi connectivity index (χ3n) is 1.27. The molecule has 1 unspecified atom stereocenters. The molecule has 0 spiro atoms. The van der Waals surface area contributed by atoms with Gasteiger partial charge in [-0.1, -0.05) is 0 Å². The fourth-order valence-electron chi connectivity index (χ4n) is 0.686. The zero-order chi connectivity index (χ0) is 13.3. The molecule has 0 aromatic heterocycles. The molecule has 98 valence electrons. The molecule has 0 aliphatic carbocycles. The number of carboxylic acid groups (broad SMARTS) is 2. The molecule has 1 fully saturated rings. The van der Waals surface area contributed by atoms with Crippen LogP contribution in [-0.4, -0.2) is 54.6 Å². The molecule has 1 atom stereocenters. The highest BCUT2D eigenvalue weighted by molar-refractivity contribution is 5.61. The summed E-state index contributed by atoms with van der Waals surface area (Å²) < 4.78 is 16.7. The molecule has 1 aliphatic rings. The highest BCUT2D eigenvalue weighted by Crippen LogP contribution is 1.92. The van der Waals surface area contributed by atoms with E-state index in [1.807, 2.05) is 0 Å². The highest BCUT2D eigenvalue weighted by atomic mass is 16.8. The summed E-state index contributed by atoms with van der Waals surface area (Å²) in [5.74, 6) is 0. The van der Waals surface area contributed by atoms with Crippen LogP contribution < -0.4 is 0 Å². The van der Waals surface area contributed by atoms with Gasteiger partial charge in [-0.15, -0.1) is 0 Å². The van der Waals surface area contributed by atoms with Gasteiger partial charge in [-0.2, -0.15) is 0 Å². The van der Waals surface area contributed by atoms with E-state index < -0.39 is 24.6 Å². The zero-order valence-corrected chi connectivity index (χ0v) is 8.95. The van der Waals surface area contributed by atoms with Gasteiger partial charge in [0.05, 0.1) is 0 Å². The standard InChI is InChI=1S/C5H8O6.C3H4O3/c1-3(11-5(8)9)2-10-4(6)7;4-3-5-1-2-6-3/h3H,2H2,1H3,(H,6,7)(H,8,9);1-2H2. The van der Waals surface area contributed by atoms with Crippen molar-refractivity contribution < 1.29 is 43.5 Å². The van der Waals surface area contributed by atoms with Crippen molar-refractivity contribution in [3.63, 3.8) is 0 Å². The van der Waals surface area contributed by atoms with Crippen molar-refractivity contribution in [3.05, 3.63) is 0 Å². The lowest BCUT2D eigenvalue weighted by molar-refractivity contribution is 0.0122. The van der Waals surface area contributed by atoms with E-state index in [-0.39, 0.29) is 6.61 Å². The maximum atomic E-state index is 9.83. The van der Waals surface area contributed by atoms with Gasteiger partial charge in [0.15, 0.2) is 0 Å². The van der Waals surface area contributed by atoms with Gasteiger partial charge in [0.25, 0.3) is 0 Å². The lowest BCUT2D eigenvalue weighted by Crippen LogP contribution is -2.20. The number of rotatable bonds is 3. The second-order valence-electron chi connectivity index (χ2n) is 2.72. The van der Waals surface area contributed by atoms with E-state index >= 15 is 0 Å². The van der Waals surface area contributed by atoms with Crippen LogP contribution in [0.3, 0.4) is 0 Å². The molecule has 1 heterocycles. The van der Waals surface area contributed by atoms with Crippen LogP contribution in [0.1, 0.15) is 6.92 Å². The van der Waals surface area contributed by atoms with E-state index in [1.165, 1.54) is 6.92 Å². The topological polar surface area (TPSA) is 129 Å². The number of hydrogen-bond donors (Lipinski definition) is 2. The van der Waals surface area contributed by atoms with Crippen LogP contribution in [0.5, 0.6) is 0 Å². The van der Waals surface area contributed by atoms with Gasteiger partial charge in [0.2, 0.25) is 0 Å². The van der Waals surface area contributed by atoms with Gasteiger partial charge in [-0.05, 0) is 6.92 Å². The van der Waals surface area contributed by atoms with Crippen molar-refractivity contribution in [1.29, 1.82) is 0 Å². The van der Waals surface area contributed by atoms with Gasteiger partial charge in [0.1, 0.15) is 25.9 Å². The molecule has 0 bridgehead atoms. The Bertz CT molecular complexity index is 266. The van der Waals surface area contributed by atoms with Gasteiger partial charge >= 0.3 is 18.5 Å². The van der Waals surface area contributed by atoms with Gasteiger partial charge in [0, 0.05) is 0 Å². The summed E-state index contributed by atoms with van der Waals surface area (Å²) in [4.78, 5) is 29.4. The Morgan fingerprint density at radius 1 is 1.29 bits per heavy atom. The van der Waals surface area contributed by atoms with Crippen molar-refractivity contribution in [3.8, 4) is 0 Å². The monoisotopic (exact) mass is 252 g/mol. The molecule has 9 heteroatoms. The molecule has 0 aromatic rings. The molecule has 1 aliphatic heterocycles. The van der Waals surface area contributed by atoms with Crippen molar-refractivity contribution in [2.24, 2.45) is 0 Å². The number of hydrogen-bond acceptors (Lipinski definition) is 7. The summed E-state index contributed by atoms with van der Waals surface area (Å²) in [5, 5.41) is 16.0. The normalized spacial score (nSPS) is 14.5. The molecule has 0 aromatic carbocycles. The lowest BCUT2D eigenvalue weighted by Gasteiger charge is -2.08. The van der Waals surface area contributed by atoms with E-state index in [1.54, 1.807) is 0 Å². The number of carbonyl (C=O) groups is 3. The van der Waals surface area contributed by atoms with E-state index in [0.29, 0.717) is 13.2 Å². The SMILES string of the molecule is CC(COC(=O)O)OC(=O)O.O=C1OCCO1. The Labute approximate surface area is 95.8 Å². The van der Waals surface area contributed by atoms with Crippen LogP contribution in [0.15, 0.2) is 0 Å². The average Bonchev–Trinajstić information content (AvgIpc) is 2.66.